The molecule has 0 saturated carbocycles. The highest BCUT2D eigenvalue weighted by molar-refractivity contribution is 7.92. The molecular weight excluding hydrogens is 416 g/mol. The van der Waals surface area contributed by atoms with Crippen LogP contribution in [0.4, 0.5) is 5.69 Å². The van der Waals surface area contributed by atoms with Gasteiger partial charge in [-0.05, 0) is 36.8 Å². The molecular formula is C19H23ClN4O4S. The Hall–Kier alpha value is -2.33. The van der Waals surface area contributed by atoms with Gasteiger partial charge in [0.1, 0.15) is 17.5 Å². The van der Waals surface area contributed by atoms with E-state index in [0.29, 0.717) is 41.8 Å². The van der Waals surface area contributed by atoms with Crippen LogP contribution in [0, 0.1) is 0 Å². The summed E-state index contributed by atoms with van der Waals surface area (Å²) in [5.41, 5.74) is 1.78. The van der Waals surface area contributed by atoms with Crippen molar-refractivity contribution < 1.29 is 18.3 Å². The first-order chi connectivity index (χ1) is 13.9. The second-order valence-corrected chi connectivity index (χ2v) is 8.80. The van der Waals surface area contributed by atoms with Crippen molar-refractivity contribution in [1.82, 2.24) is 15.5 Å². The molecule has 0 radical (unpaired) electrons. The minimum Gasteiger partial charge on any atom is -0.492 e. The molecule has 0 aliphatic carbocycles. The molecule has 1 aromatic heterocycles. The Kier molecular flexibility index (Phi) is 6.96. The Bertz CT molecular complexity index is 1070. The van der Waals surface area contributed by atoms with Crippen LogP contribution >= 0.6 is 11.6 Å². The van der Waals surface area contributed by atoms with Crippen LogP contribution < -0.4 is 14.8 Å². The van der Waals surface area contributed by atoms with Gasteiger partial charge in [0.25, 0.3) is 0 Å². The number of aliphatic hydroxyl groups excluding tert-OH is 1. The van der Waals surface area contributed by atoms with E-state index >= 15 is 0 Å². The largest absolute Gasteiger partial charge is 0.492 e. The molecule has 3 rings (SSSR count). The maximum Gasteiger partial charge on any atom is 0.232 e. The van der Waals surface area contributed by atoms with Crippen molar-refractivity contribution in [1.29, 1.82) is 0 Å². The van der Waals surface area contributed by atoms with Crippen molar-refractivity contribution >= 4 is 38.2 Å². The number of aromatic amines is 1. The number of H-pyrrole nitrogens is 1. The van der Waals surface area contributed by atoms with Gasteiger partial charge in [0, 0.05) is 30.2 Å². The van der Waals surface area contributed by atoms with Gasteiger partial charge >= 0.3 is 0 Å². The lowest BCUT2D eigenvalue weighted by atomic mass is 10.1. The van der Waals surface area contributed by atoms with Crippen LogP contribution in [-0.2, 0) is 10.0 Å². The Morgan fingerprint density at radius 2 is 2.10 bits per heavy atom. The molecule has 2 aromatic carbocycles. The number of fused-ring (bicyclic) bond motifs is 1. The molecule has 0 amide bonds. The number of sulfonamides is 1. The van der Waals surface area contributed by atoms with E-state index in [1.807, 2.05) is 12.1 Å². The minimum atomic E-state index is -3.36. The number of rotatable bonds is 10. The van der Waals surface area contributed by atoms with Gasteiger partial charge in [-0.1, -0.05) is 23.7 Å². The first kappa shape index (κ1) is 21.4. The highest BCUT2D eigenvalue weighted by Crippen LogP contribution is 2.24. The number of hydrogen-bond donors (Lipinski definition) is 4. The van der Waals surface area contributed by atoms with Crippen molar-refractivity contribution in [2.75, 3.05) is 30.2 Å². The number of halogens is 1. The van der Waals surface area contributed by atoms with Crippen LogP contribution in [0.1, 0.15) is 18.6 Å². The third kappa shape index (κ3) is 5.83. The molecule has 8 nitrogen and oxygen atoms in total. The number of nitrogens with one attached hydrogen (secondary N) is 3. The molecule has 1 heterocycles. The Morgan fingerprint density at radius 3 is 2.90 bits per heavy atom. The molecule has 0 fully saturated rings. The van der Waals surface area contributed by atoms with Gasteiger partial charge in [-0.25, -0.2) is 8.42 Å². The summed E-state index contributed by atoms with van der Waals surface area (Å²) in [6, 6.07) is 12.2. The predicted molar refractivity (Wildman–Crippen MR) is 114 cm³/mol. The number of hydrogen-bond acceptors (Lipinski definition) is 6. The summed E-state index contributed by atoms with van der Waals surface area (Å²) in [7, 11) is -3.36. The Labute approximate surface area is 174 Å². The predicted octanol–water partition coefficient (Wildman–Crippen LogP) is 2.68. The lowest BCUT2D eigenvalue weighted by Crippen LogP contribution is -2.26. The maximum atomic E-state index is 11.7. The van der Waals surface area contributed by atoms with Gasteiger partial charge in [-0.2, -0.15) is 5.10 Å². The van der Waals surface area contributed by atoms with Crippen LogP contribution in [0.3, 0.4) is 0 Å². The number of aliphatic hydroxyl groups is 1. The van der Waals surface area contributed by atoms with Crippen molar-refractivity contribution in [2.45, 2.75) is 13.0 Å². The van der Waals surface area contributed by atoms with E-state index in [1.165, 1.54) is 0 Å². The summed E-state index contributed by atoms with van der Waals surface area (Å²) in [5.74, 6) is 0.667. The van der Waals surface area contributed by atoms with E-state index in [1.54, 1.807) is 37.3 Å². The number of anilines is 1. The lowest BCUT2D eigenvalue weighted by Gasteiger charge is -2.14. The standard InChI is InChI=1S/C19H23ClN4O4S/c1-2-29(26,27)24-14-5-3-4-13(10-14)18(25)12-21-8-9-28-15-6-7-16-17(11-15)22-23-19(16)20/h3-7,10-11,18,21,24-25H,2,8-9,12H2,1H3,(H,22,23)/t18-/m0/s1. The van der Waals surface area contributed by atoms with Crippen molar-refractivity contribution in [3.8, 4) is 5.75 Å². The molecule has 156 valence electrons. The lowest BCUT2D eigenvalue weighted by molar-refractivity contribution is 0.172. The van der Waals surface area contributed by atoms with Crippen molar-refractivity contribution in [3.05, 3.63) is 53.2 Å². The molecule has 1 atom stereocenters. The van der Waals surface area contributed by atoms with Crippen molar-refractivity contribution in [2.24, 2.45) is 0 Å². The summed E-state index contributed by atoms with van der Waals surface area (Å²) in [4.78, 5) is 0. The normalized spacial score (nSPS) is 12.8. The van der Waals surface area contributed by atoms with E-state index in [9.17, 15) is 13.5 Å². The summed E-state index contributed by atoms with van der Waals surface area (Å²) in [6.45, 7) is 2.81. The van der Waals surface area contributed by atoms with Crippen LogP contribution in [0.2, 0.25) is 5.15 Å². The SMILES string of the molecule is CCS(=O)(=O)Nc1cccc([C@@H](O)CNCCOc2ccc3c(Cl)[nH]nc3c2)c1. The second kappa shape index (κ2) is 9.45. The fraction of sp³-hybridized carbons (Fsp3) is 0.316. The molecule has 0 unspecified atom stereocenters. The van der Waals surface area contributed by atoms with Crippen LogP contribution in [0.15, 0.2) is 42.5 Å². The molecule has 0 aliphatic heterocycles. The molecule has 0 spiro atoms. The first-order valence-electron chi connectivity index (χ1n) is 9.13. The van der Waals surface area contributed by atoms with E-state index in [0.717, 1.165) is 10.9 Å². The summed E-state index contributed by atoms with van der Waals surface area (Å²) < 4.78 is 31.5. The average molecular weight is 439 g/mol. The van der Waals surface area contributed by atoms with E-state index in [4.69, 9.17) is 16.3 Å². The molecule has 0 bridgehead atoms. The van der Waals surface area contributed by atoms with Crippen molar-refractivity contribution in [3.63, 3.8) is 0 Å². The molecule has 29 heavy (non-hydrogen) atoms. The highest BCUT2D eigenvalue weighted by Gasteiger charge is 2.11. The molecule has 3 aromatic rings. The zero-order valence-corrected chi connectivity index (χ0v) is 17.4. The second-order valence-electron chi connectivity index (χ2n) is 6.42. The molecule has 0 saturated heterocycles. The Morgan fingerprint density at radius 1 is 1.28 bits per heavy atom. The topological polar surface area (TPSA) is 116 Å². The number of aromatic nitrogens is 2. The van der Waals surface area contributed by atoms with Gasteiger partial charge in [0.15, 0.2) is 0 Å². The average Bonchev–Trinajstić information content (AvgIpc) is 3.07. The number of ether oxygens (including phenoxy) is 1. The molecule has 0 aliphatic rings. The Balaban J connectivity index is 1.45. The number of nitrogens with zero attached hydrogens (tertiary/aromatic N) is 1. The van der Waals surface area contributed by atoms with Crippen LogP contribution in [0.25, 0.3) is 10.9 Å². The number of benzene rings is 2. The van der Waals surface area contributed by atoms with Crippen LogP contribution in [-0.4, -0.2) is 49.2 Å². The summed E-state index contributed by atoms with van der Waals surface area (Å²) in [6.07, 6.45) is -0.774. The van der Waals surface area contributed by atoms with Gasteiger partial charge in [-0.15, -0.1) is 0 Å². The van der Waals surface area contributed by atoms with Crippen LogP contribution in [0.5, 0.6) is 5.75 Å². The zero-order valence-electron chi connectivity index (χ0n) is 15.9. The fourth-order valence-corrected chi connectivity index (χ4v) is 3.54. The fourth-order valence-electron chi connectivity index (χ4n) is 2.71. The summed E-state index contributed by atoms with van der Waals surface area (Å²) in [5, 5.41) is 21.6. The minimum absolute atomic E-state index is 0.0124. The smallest absolute Gasteiger partial charge is 0.232 e. The quantitative estimate of drug-likeness (QED) is 0.361. The zero-order chi connectivity index (χ0) is 20.9. The van der Waals surface area contributed by atoms with Gasteiger partial charge < -0.3 is 15.2 Å². The third-order valence-corrected chi connectivity index (χ3v) is 5.89. The van der Waals surface area contributed by atoms with Gasteiger partial charge in [-0.3, -0.25) is 9.82 Å². The summed E-state index contributed by atoms with van der Waals surface area (Å²) >= 11 is 5.97. The monoisotopic (exact) mass is 438 g/mol. The molecule has 10 heteroatoms. The molecule has 4 N–H and O–H groups in total. The first-order valence-corrected chi connectivity index (χ1v) is 11.2. The maximum absolute atomic E-state index is 11.7. The van der Waals surface area contributed by atoms with Gasteiger partial charge in [0.05, 0.1) is 17.4 Å². The van der Waals surface area contributed by atoms with E-state index < -0.39 is 16.1 Å². The highest BCUT2D eigenvalue weighted by atomic mass is 35.5. The van der Waals surface area contributed by atoms with E-state index in [-0.39, 0.29) is 5.75 Å². The third-order valence-electron chi connectivity index (χ3n) is 4.29. The van der Waals surface area contributed by atoms with E-state index in [2.05, 4.69) is 20.2 Å². The van der Waals surface area contributed by atoms with Gasteiger partial charge in [0.2, 0.25) is 10.0 Å².